The van der Waals surface area contributed by atoms with E-state index in [0.29, 0.717) is 0 Å². The molecule has 0 aromatic heterocycles. The summed E-state index contributed by atoms with van der Waals surface area (Å²) in [7, 11) is 0. The molecule has 1 aliphatic rings. The van der Waals surface area contributed by atoms with Crippen molar-refractivity contribution < 1.29 is 0 Å². The minimum Gasteiger partial charge on any atom is -0.0879 e. The van der Waals surface area contributed by atoms with Crippen LogP contribution in [0.25, 0.3) is 0 Å². The van der Waals surface area contributed by atoms with Crippen molar-refractivity contribution in [3.8, 4) is 0 Å². The Balaban J connectivity index is 2.45. The van der Waals surface area contributed by atoms with Crippen LogP contribution in [0, 0.1) is 6.42 Å². The van der Waals surface area contributed by atoms with Gasteiger partial charge in [0.2, 0.25) is 0 Å². The van der Waals surface area contributed by atoms with Gasteiger partial charge in [-0.2, -0.15) is 0 Å². The zero-order valence-corrected chi connectivity index (χ0v) is 8.47. The van der Waals surface area contributed by atoms with Gasteiger partial charge in [-0.15, -0.1) is 0 Å². The van der Waals surface area contributed by atoms with E-state index in [1.807, 2.05) is 24.6 Å². The van der Waals surface area contributed by atoms with Crippen molar-refractivity contribution in [2.45, 2.75) is 19.3 Å². The molecule has 0 atom stereocenters. The smallest absolute Gasteiger partial charge is 0.00475 e. The fraction of sp³-hybridized carbons (Fsp3) is 0.214. The SMILES string of the molecule is [CH]1/C=C\C/C=C\CC\C=C/C=C/C=C/1. The van der Waals surface area contributed by atoms with Crippen LogP contribution in [0.4, 0.5) is 0 Å². The lowest BCUT2D eigenvalue weighted by atomic mass is 10.2. The van der Waals surface area contributed by atoms with Crippen molar-refractivity contribution in [1.82, 2.24) is 0 Å². The molecule has 0 heterocycles. The second kappa shape index (κ2) is 8.31. The molecule has 1 radical (unpaired) electrons. The quantitative estimate of drug-likeness (QED) is 0.497. The maximum absolute atomic E-state index is 2.24. The standard InChI is InChI=1S/C14H17/c1-2-4-6-8-10-12-14-13-11-9-7-5-3-1/h1-9,12,14H,10-11,13H2/b2-1+,5-3+,8-6-,9-7-,14-12-. The van der Waals surface area contributed by atoms with Crippen LogP contribution in [-0.4, -0.2) is 0 Å². The summed E-state index contributed by atoms with van der Waals surface area (Å²) in [5.74, 6) is 0. The Labute approximate surface area is 87.0 Å². The molecule has 0 N–H and O–H groups in total. The van der Waals surface area contributed by atoms with Gasteiger partial charge in [0.25, 0.3) is 0 Å². The Hall–Kier alpha value is -1.30. The van der Waals surface area contributed by atoms with E-state index >= 15 is 0 Å². The highest BCUT2D eigenvalue weighted by atomic mass is 13.8. The van der Waals surface area contributed by atoms with E-state index in [4.69, 9.17) is 0 Å². The van der Waals surface area contributed by atoms with Gasteiger partial charge in [0.15, 0.2) is 0 Å². The first kappa shape index (κ1) is 10.8. The molecular weight excluding hydrogens is 168 g/mol. The summed E-state index contributed by atoms with van der Waals surface area (Å²) in [4.78, 5) is 0. The van der Waals surface area contributed by atoms with Gasteiger partial charge in [0, 0.05) is 6.42 Å². The van der Waals surface area contributed by atoms with Crippen molar-refractivity contribution in [1.29, 1.82) is 0 Å². The van der Waals surface area contributed by atoms with Gasteiger partial charge in [0.05, 0.1) is 0 Å². The summed E-state index contributed by atoms with van der Waals surface area (Å²) in [6, 6.07) is 0. The highest BCUT2D eigenvalue weighted by molar-refractivity contribution is 5.17. The third-order valence-electron chi connectivity index (χ3n) is 1.88. The predicted octanol–water partition coefficient (Wildman–Crippen LogP) is 4.16. The van der Waals surface area contributed by atoms with Gasteiger partial charge >= 0.3 is 0 Å². The molecule has 0 heteroatoms. The second-order valence-corrected chi connectivity index (χ2v) is 3.10. The van der Waals surface area contributed by atoms with E-state index in [1.165, 1.54) is 0 Å². The molecule has 0 aliphatic heterocycles. The molecular formula is C14H17. The molecule has 0 amide bonds. The number of hydrogen-bond acceptors (Lipinski definition) is 0. The van der Waals surface area contributed by atoms with Crippen molar-refractivity contribution in [3.63, 3.8) is 0 Å². The Morgan fingerprint density at radius 1 is 0.500 bits per heavy atom. The van der Waals surface area contributed by atoms with Crippen molar-refractivity contribution in [3.05, 3.63) is 67.2 Å². The summed E-state index contributed by atoms with van der Waals surface area (Å²) >= 11 is 0. The van der Waals surface area contributed by atoms with Crippen LogP contribution < -0.4 is 0 Å². The first-order valence-electron chi connectivity index (χ1n) is 5.13. The number of allylic oxidation sites excluding steroid dienone is 10. The predicted molar refractivity (Wildman–Crippen MR) is 63.9 cm³/mol. The molecule has 0 unspecified atom stereocenters. The van der Waals surface area contributed by atoms with Crippen molar-refractivity contribution in [2.75, 3.05) is 0 Å². The van der Waals surface area contributed by atoms with Crippen LogP contribution in [0.5, 0.6) is 0 Å². The zero-order valence-electron chi connectivity index (χ0n) is 8.47. The number of hydrogen-bond donors (Lipinski definition) is 0. The summed E-state index contributed by atoms with van der Waals surface area (Å²) in [5, 5.41) is 0. The van der Waals surface area contributed by atoms with Crippen LogP contribution in [-0.2, 0) is 0 Å². The van der Waals surface area contributed by atoms with Gasteiger partial charge < -0.3 is 0 Å². The van der Waals surface area contributed by atoms with Gasteiger partial charge in [-0.25, -0.2) is 0 Å². The monoisotopic (exact) mass is 185 g/mol. The van der Waals surface area contributed by atoms with E-state index in [-0.39, 0.29) is 0 Å². The van der Waals surface area contributed by atoms with Crippen molar-refractivity contribution in [2.24, 2.45) is 0 Å². The molecule has 0 saturated heterocycles. The molecule has 0 aromatic rings. The molecule has 0 saturated carbocycles. The maximum atomic E-state index is 2.24. The van der Waals surface area contributed by atoms with Gasteiger partial charge in [-0.1, -0.05) is 60.8 Å². The second-order valence-electron chi connectivity index (χ2n) is 3.10. The lowest BCUT2D eigenvalue weighted by molar-refractivity contribution is 1.04. The number of rotatable bonds is 0. The first-order valence-corrected chi connectivity index (χ1v) is 5.13. The van der Waals surface area contributed by atoms with Crippen molar-refractivity contribution >= 4 is 0 Å². The van der Waals surface area contributed by atoms with Crippen LogP contribution in [0.15, 0.2) is 60.8 Å². The van der Waals surface area contributed by atoms with Gasteiger partial charge in [-0.05, 0) is 19.3 Å². The molecule has 0 aromatic carbocycles. The average molecular weight is 185 g/mol. The van der Waals surface area contributed by atoms with E-state index in [2.05, 4.69) is 42.5 Å². The van der Waals surface area contributed by atoms with E-state index in [0.717, 1.165) is 19.3 Å². The molecule has 1 rings (SSSR count). The first-order chi connectivity index (χ1) is 7.00. The van der Waals surface area contributed by atoms with E-state index in [1.54, 1.807) is 0 Å². The fourth-order valence-corrected chi connectivity index (χ4v) is 1.14. The van der Waals surface area contributed by atoms with Crippen LogP contribution in [0.3, 0.4) is 0 Å². The van der Waals surface area contributed by atoms with Crippen LogP contribution >= 0.6 is 0 Å². The molecule has 0 nitrogen and oxygen atoms in total. The minimum absolute atomic E-state index is 1.03. The van der Waals surface area contributed by atoms with Crippen LogP contribution in [0.2, 0.25) is 0 Å². The molecule has 0 spiro atoms. The summed E-state index contributed by atoms with van der Waals surface area (Å²) in [6.07, 6.45) is 26.5. The normalized spacial score (nSPS) is 29.7. The fourth-order valence-electron chi connectivity index (χ4n) is 1.14. The summed E-state index contributed by atoms with van der Waals surface area (Å²) < 4.78 is 0. The van der Waals surface area contributed by atoms with E-state index in [9.17, 15) is 0 Å². The topological polar surface area (TPSA) is 0 Å². The van der Waals surface area contributed by atoms with Crippen LogP contribution in [0.1, 0.15) is 19.3 Å². The molecule has 73 valence electrons. The third-order valence-corrected chi connectivity index (χ3v) is 1.88. The maximum Gasteiger partial charge on any atom is 0.00475 e. The highest BCUT2D eigenvalue weighted by Crippen LogP contribution is 1.97. The average Bonchev–Trinajstić information content (AvgIpc) is 2.22. The Kier molecular flexibility index (Phi) is 6.39. The van der Waals surface area contributed by atoms with Gasteiger partial charge in [0.1, 0.15) is 0 Å². The Morgan fingerprint density at radius 3 is 2.29 bits per heavy atom. The van der Waals surface area contributed by atoms with Gasteiger partial charge in [-0.3, -0.25) is 0 Å². The highest BCUT2D eigenvalue weighted by Gasteiger charge is 1.77. The Morgan fingerprint density at radius 2 is 1.29 bits per heavy atom. The summed E-state index contributed by atoms with van der Waals surface area (Å²) in [6.45, 7) is 0. The van der Waals surface area contributed by atoms with E-state index < -0.39 is 0 Å². The Bertz CT molecular complexity index is 262. The molecule has 0 fully saturated rings. The lowest BCUT2D eigenvalue weighted by Gasteiger charge is -1.87. The molecule has 1 aliphatic carbocycles. The molecule has 14 heavy (non-hydrogen) atoms. The largest absolute Gasteiger partial charge is 0.0879 e. The third kappa shape index (κ3) is 6.24. The summed E-state index contributed by atoms with van der Waals surface area (Å²) in [5.41, 5.74) is 0. The lowest BCUT2D eigenvalue weighted by Crippen LogP contribution is -1.67. The molecule has 0 bridgehead atoms. The zero-order chi connectivity index (χ0) is 9.90. The minimum atomic E-state index is 1.03.